The van der Waals surface area contributed by atoms with Crippen molar-refractivity contribution in [2.45, 2.75) is 12.7 Å². The number of rotatable bonds is 3. The average Bonchev–Trinajstić information content (AvgIpc) is 2.82. The Balaban J connectivity index is 2.23. The molecule has 7 heteroatoms. The molecule has 0 aliphatic heterocycles. The van der Waals surface area contributed by atoms with E-state index in [4.69, 9.17) is 0 Å². The van der Waals surface area contributed by atoms with E-state index in [9.17, 15) is 18.0 Å². The largest absolute Gasteiger partial charge is 0.493 e. The zero-order valence-corrected chi connectivity index (χ0v) is 10.4. The van der Waals surface area contributed by atoms with Crippen molar-refractivity contribution in [2.24, 2.45) is 0 Å². The number of carbonyl (C=O) groups is 1. The third-order valence-corrected chi connectivity index (χ3v) is 3.07. The van der Waals surface area contributed by atoms with Crippen LogP contribution in [0.2, 0.25) is 0 Å². The number of amides is 1. The van der Waals surface area contributed by atoms with Gasteiger partial charge in [0.1, 0.15) is 0 Å². The summed E-state index contributed by atoms with van der Waals surface area (Å²) in [5.74, 6) is -1.05. The number of halogens is 3. The van der Waals surface area contributed by atoms with Gasteiger partial charge in [0.05, 0.1) is 6.42 Å². The van der Waals surface area contributed by atoms with E-state index in [1.165, 1.54) is 11.6 Å². The van der Waals surface area contributed by atoms with Crippen LogP contribution < -0.4 is 4.90 Å². The summed E-state index contributed by atoms with van der Waals surface area (Å²) in [6.07, 6.45) is -3.86. The van der Waals surface area contributed by atoms with Crippen LogP contribution in [0.4, 0.5) is 18.3 Å². The molecule has 1 aromatic carbocycles. The summed E-state index contributed by atoms with van der Waals surface area (Å²) in [5.41, 5.74) is 0.526. The predicted octanol–water partition coefficient (Wildman–Crippen LogP) is 3.24. The van der Waals surface area contributed by atoms with Gasteiger partial charge in [0.25, 0.3) is 0 Å². The fourth-order valence-electron chi connectivity index (χ4n) is 1.53. The van der Waals surface area contributed by atoms with Gasteiger partial charge < -0.3 is 0 Å². The monoisotopic (exact) mass is 286 g/mol. The van der Waals surface area contributed by atoms with Crippen molar-refractivity contribution in [3.63, 3.8) is 0 Å². The quantitative estimate of drug-likeness (QED) is 0.812. The fraction of sp³-hybridized carbons (Fsp3) is 0.167. The Kier molecular flexibility index (Phi) is 3.84. The summed E-state index contributed by atoms with van der Waals surface area (Å²) < 4.78 is 38.7. The maximum Gasteiger partial charge on any atom is 0.493 e. The molecule has 0 bridgehead atoms. The van der Waals surface area contributed by atoms with Crippen LogP contribution >= 0.6 is 11.3 Å². The van der Waals surface area contributed by atoms with Gasteiger partial charge in [-0.15, -0.1) is 24.5 Å². The molecule has 2 rings (SSSR count). The number of alkyl halides is 3. The molecule has 0 spiro atoms. The van der Waals surface area contributed by atoms with Crippen LogP contribution in [0.3, 0.4) is 0 Å². The van der Waals surface area contributed by atoms with E-state index in [2.05, 4.69) is 4.98 Å². The van der Waals surface area contributed by atoms with Crippen molar-refractivity contribution in [3.8, 4) is 0 Å². The summed E-state index contributed by atoms with van der Waals surface area (Å²) in [6, 6.07) is 8.28. The Morgan fingerprint density at radius 2 is 1.95 bits per heavy atom. The van der Waals surface area contributed by atoms with Crippen LogP contribution in [-0.4, -0.2) is 17.2 Å². The SMILES string of the molecule is O=C(Cc1ccccc1)N(c1nccs1)C(F)(F)F. The Labute approximate surface area is 111 Å². The number of nitrogens with zero attached hydrogens (tertiary/aromatic N) is 2. The van der Waals surface area contributed by atoms with Crippen molar-refractivity contribution in [1.82, 2.24) is 4.98 Å². The Morgan fingerprint density at radius 1 is 1.26 bits per heavy atom. The zero-order chi connectivity index (χ0) is 13.9. The molecule has 2 aromatic rings. The second-order valence-corrected chi connectivity index (χ2v) is 4.55. The standard InChI is InChI=1S/C12H9F3N2OS/c13-12(14,15)17(11-16-6-7-19-11)10(18)8-9-4-2-1-3-5-9/h1-7H,8H2. The Morgan fingerprint density at radius 3 is 2.47 bits per heavy atom. The van der Waals surface area contributed by atoms with Crippen molar-refractivity contribution < 1.29 is 18.0 Å². The third kappa shape index (κ3) is 3.31. The molecule has 0 aliphatic carbocycles. The molecular formula is C12H9F3N2OS. The molecule has 1 amide bonds. The molecule has 0 unspecified atom stereocenters. The van der Waals surface area contributed by atoms with Gasteiger partial charge in [0.15, 0.2) is 5.13 Å². The molecule has 0 N–H and O–H groups in total. The van der Waals surface area contributed by atoms with Crippen LogP contribution in [0.15, 0.2) is 41.9 Å². The normalized spacial score (nSPS) is 11.3. The van der Waals surface area contributed by atoms with Gasteiger partial charge in [-0.1, -0.05) is 30.3 Å². The van der Waals surface area contributed by atoms with E-state index in [-0.39, 0.29) is 16.5 Å². The van der Waals surface area contributed by atoms with Gasteiger partial charge >= 0.3 is 6.30 Å². The number of aromatic nitrogens is 1. The molecule has 0 fully saturated rings. The van der Waals surface area contributed by atoms with Crippen molar-refractivity contribution in [2.75, 3.05) is 4.90 Å². The highest BCUT2D eigenvalue weighted by molar-refractivity contribution is 7.13. The summed E-state index contributed by atoms with van der Waals surface area (Å²) >= 11 is 0.771. The van der Waals surface area contributed by atoms with E-state index < -0.39 is 12.2 Å². The van der Waals surface area contributed by atoms with E-state index in [0.717, 1.165) is 11.3 Å². The minimum absolute atomic E-state index is 0.218. The van der Waals surface area contributed by atoms with Gasteiger partial charge in [0, 0.05) is 11.6 Å². The smallest absolute Gasteiger partial charge is 0.274 e. The maximum absolute atomic E-state index is 12.9. The van der Waals surface area contributed by atoms with Gasteiger partial charge in [0.2, 0.25) is 5.91 Å². The lowest BCUT2D eigenvalue weighted by Crippen LogP contribution is -2.43. The number of benzene rings is 1. The third-order valence-electron chi connectivity index (χ3n) is 2.31. The number of carbonyl (C=O) groups excluding carboxylic acids is 1. The second kappa shape index (κ2) is 5.40. The lowest BCUT2D eigenvalue weighted by Gasteiger charge is -2.22. The highest BCUT2D eigenvalue weighted by Crippen LogP contribution is 2.30. The van der Waals surface area contributed by atoms with Crippen LogP contribution in [0.5, 0.6) is 0 Å². The van der Waals surface area contributed by atoms with Crippen LogP contribution in [0.1, 0.15) is 5.56 Å². The van der Waals surface area contributed by atoms with Crippen LogP contribution in [0, 0.1) is 0 Å². The van der Waals surface area contributed by atoms with Gasteiger partial charge in [-0.05, 0) is 5.56 Å². The first kappa shape index (κ1) is 13.5. The first-order valence-electron chi connectivity index (χ1n) is 5.31. The Bertz CT molecular complexity index is 540. The zero-order valence-electron chi connectivity index (χ0n) is 9.59. The highest BCUT2D eigenvalue weighted by atomic mass is 32.1. The highest BCUT2D eigenvalue weighted by Gasteiger charge is 2.43. The number of anilines is 1. The van der Waals surface area contributed by atoms with Crippen LogP contribution in [0.25, 0.3) is 0 Å². The molecular weight excluding hydrogens is 277 g/mol. The first-order valence-corrected chi connectivity index (χ1v) is 6.19. The molecule has 0 saturated heterocycles. The molecule has 19 heavy (non-hydrogen) atoms. The minimum atomic E-state index is -4.77. The van der Waals surface area contributed by atoms with Crippen molar-refractivity contribution >= 4 is 22.4 Å². The fourth-order valence-corrected chi connectivity index (χ4v) is 2.21. The van der Waals surface area contributed by atoms with Gasteiger partial charge in [-0.2, -0.15) is 4.90 Å². The molecule has 3 nitrogen and oxygen atoms in total. The molecule has 100 valence electrons. The molecule has 0 aliphatic rings. The number of hydrogen-bond acceptors (Lipinski definition) is 3. The lowest BCUT2D eigenvalue weighted by molar-refractivity contribution is -0.149. The van der Waals surface area contributed by atoms with Crippen molar-refractivity contribution in [3.05, 3.63) is 47.5 Å². The topological polar surface area (TPSA) is 33.2 Å². The summed E-state index contributed by atoms with van der Waals surface area (Å²) in [7, 11) is 0. The molecule has 1 aromatic heterocycles. The van der Waals surface area contributed by atoms with E-state index in [0.29, 0.717) is 5.56 Å². The first-order chi connectivity index (χ1) is 8.98. The van der Waals surface area contributed by atoms with Gasteiger partial charge in [-0.25, -0.2) is 4.98 Å². The van der Waals surface area contributed by atoms with E-state index >= 15 is 0 Å². The lowest BCUT2D eigenvalue weighted by atomic mass is 10.1. The summed E-state index contributed by atoms with van der Waals surface area (Å²) in [4.78, 5) is 15.2. The van der Waals surface area contributed by atoms with Crippen molar-refractivity contribution in [1.29, 1.82) is 0 Å². The van der Waals surface area contributed by atoms with Crippen LogP contribution in [-0.2, 0) is 11.2 Å². The molecule has 0 atom stereocenters. The summed E-state index contributed by atoms with van der Waals surface area (Å²) in [5, 5.41) is 1.03. The summed E-state index contributed by atoms with van der Waals surface area (Å²) in [6.45, 7) is 0. The number of thiazole rings is 1. The molecule has 0 radical (unpaired) electrons. The average molecular weight is 286 g/mol. The predicted molar refractivity (Wildman–Crippen MR) is 65.8 cm³/mol. The van der Waals surface area contributed by atoms with E-state index in [1.807, 2.05) is 0 Å². The minimum Gasteiger partial charge on any atom is -0.274 e. The van der Waals surface area contributed by atoms with E-state index in [1.54, 1.807) is 30.3 Å². The second-order valence-electron chi connectivity index (χ2n) is 3.67. The van der Waals surface area contributed by atoms with Gasteiger partial charge in [-0.3, -0.25) is 4.79 Å². The maximum atomic E-state index is 12.9. The number of hydrogen-bond donors (Lipinski definition) is 0. The molecule has 1 heterocycles. The molecule has 0 saturated carbocycles. The Hall–Kier alpha value is -1.89.